The Morgan fingerprint density at radius 3 is 2.67 bits per heavy atom. The maximum Gasteiger partial charge on any atom is 0.221 e. The standard InChI is InChI=1S/C14H15IN2O/c1-2-10-16-13-4-3-5-14(17-13)18-12-8-6-11(15)7-9-12/h3-9H,2,10H2,1H3,(H,16,17). The average molecular weight is 354 g/mol. The molecular formula is C14H15IN2O. The first-order valence-corrected chi connectivity index (χ1v) is 7.00. The summed E-state index contributed by atoms with van der Waals surface area (Å²) < 4.78 is 6.89. The molecule has 0 radical (unpaired) electrons. The molecule has 3 nitrogen and oxygen atoms in total. The smallest absolute Gasteiger partial charge is 0.221 e. The van der Waals surface area contributed by atoms with Crippen molar-refractivity contribution in [2.24, 2.45) is 0 Å². The minimum Gasteiger partial charge on any atom is -0.439 e. The number of nitrogens with one attached hydrogen (secondary N) is 1. The van der Waals surface area contributed by atoms with E-state index in [0.717, 1.165) is 24.5 Å². The van der Waals surface area contributed by atoms with Crippen LogP contribution < -0.4 is 10.1 Å². The number of benzene rings is 1. The lowest BCUT2D eigenvalue weighted by molar-refractivity contribution is 0.463. The van der Waals surface area contributed by atoms with Crippen molar-refractivity contribution >= 4 is 28.4 Å². The largest absolute Gasteiger partial charge is 0.439 e. The van der Waals surface area contributed by atoms with E-state index in [2.05, 4.69) is 39.8 Å². The minimum atomic E-state index is 0.609. The fourth-order valence-corrected chi connectivity index (χ4v) is 1.81. The Morgan fingerprint density at radius 2 is 1.94 bits per heavy atom. The first-order valence-electron chi connectivity index (χ1n) is 5.92. The quantitative estimate of drug-likeness (QED) is 0.813. The summed E-state index contributed by atoms with van der Waals surface area (Å²) in [4.78, 5) is 4.39. The second kappa shape index (κ2) is 6.58. The number of anilines is 1. The summed E-state index contributed by atoms with van der Waals surface area (Å²) in [6.07, 6.45) is 1.07. The third-order valence-corrected chi connectivity index (χ3v) is 3.03. The zero-order chi connectivity index (χ0) is 12.8. The van der Waals surface area contributed by atoms with E-state index in [0.29, 0.717) is 5.88 Å². The van der Waals surface area contributed by atoms with E-state index >= 15 is 0 Å². The topological polar surface area (TPSA) is 34.1 Å². The van der Waals surface area contributed by atoms with Crippen LogP contribution >= 0.6 is 22.6 Å². The number of hydrogen-bond donors (Lipinski definition) is 1. The molecule has 0 saturated carbocycles. The van der Waals surface area contributed by atoms with Gasteiger partial charge in [-0.05, 0) is 59.3 Å². The van der Waals surface area contributed by atoms with Crippen LogP contribution in [0.25, 0.3) is 0 Å². The molecule has 0 saturated heterocycles. The van der Waals surface area contributed by atoms with Crippen LogP contribution in [-0.4, -0.2) is 11.5 Å². The lowest BCUT2D eigenvalue weighted by Gasteiger charge is -2.07. The van der Waals surface area contributed by atoms with Gasteiger partial charge < -0.3 is 10.1 Å². The summed E-state index contributed by atoms with van der Waals surface area (Å²) in [5, 5.41) is 3.24. The highest BCUT2D eigenvalue weighted by Gasteiger charge is 2.00. The van der Waals surface area contributed by atoms with Crippen molar-refractivity contribution in [3.05, 3.63) is 46.0 Å². The zero-order valence-corrected chi connectivity index (χ0v) is 12.3. The average Bonchev–Trinajstić information content (AvgIpc) is 2.40. The van der Waals surface area contributed by atoms with Crippen LogP contribution in [0, 0.1) is 3.57 Å². The SMILES string of the molecule is CCCNc1cccc(Oc2ccc(I)cc2)n1. The Morgan fingerprint density at radius 1 is 1.17 bits per heavy atom. The molecule has 4 heteroatoms. The van der Waals surface area contributed by atoms with E-state index in [1.165, 1.54) is 3.57 Å². The molecule has 0 bridgehead atoms. The molecule has 18 heavy (non-hydrogen) atoms. The number of halogens is 1. The number of hydrogen-bond acceptors (Lipinski definition) is 3. The first-order chi connectivity index (χ1) is 8.78. The lowest BCUT2D eigenvalue weighted by atomic mass is 10.3. The molecule has 1 heterocycles. The number of rotatable bonds is 5. The van der Waals surface area contributed by atoms with Gasteiger partial charge in [0.15, 0.2) is 0 Å². The molecule has 1 aromatic heterocycles. The zero-order valence-electron chi connectivity index (χ0n) is 10.2. The molecule has 94 valence electrons. The highest BCUT2D eigenvalue weighted by molar-refractivity contribution is 14.1. The fraction of sp³-hybridized carbons (Fsp3) is 0.214. The second-order valence-electron chi connectivity index (χ2n) is 3.84. The molecule has 0 spiro atoms. The number of aromatic nitrogens is 1. The van der Waals surface area contributed by atoms with E-state index in [9.17, 15) is 0 Å². The van der Waals surface area contributed by atoms with E-state index < -0.39 is 0 Å². The molecular weight excluding hydrogens is 339 g/mol. The molecule has 1 aromatic carbocycles. The summed E-state index contributed by atoms with van der Waals surface area (Å²) in [5.74, 6) is 2.26. The van der Waals surface area contributed by atoms with Crippen molar-refractivity contribution in [1.82, 2.24) is 4.98 Å². The van der Waals surface area contributed by atoms with Crippen LogP contribution in [0.5, 0.6) is 11.6 Å². The molecule has 2 rings (SSSR count). The number of ether oxygens (including phenoxy) is 1. The molecule has 0 fully saturated rings. The van der Waals surface area contributed by atoms with Crippen LogP contribution in [0.2, 0.25) is 0 Å². The second-order valence-corrected chi connectivity index (χ2v) is 5.09. The Bertz CT molecular complexity index is 499. The van der Waals surface area contributed by atoms with Gasteiger partial charge in [-0.1, -0.05) is 13.0 Å². The fourth-order valence-electron chi connectivity index (χ4n) is 1.45. The van der Waals surface area contributed by atoms with Gasteiger partial charge in [-0.25, -0.2) is 0 Å². The molecule has 0 atom stereocenters. The summed E-state index contributed by atoms with van der Waals surface area (Å²) in [7, 11) is 0. The summed E-state index contributed by atoms with van der Waals surface area (Å²) in [6, 6.07) is 13.6. The van der Waals surface area contributed by atoms with Gasteiger partial charge >= 0.3 is 0 Å². The molecule has 0 amide bonds. The van der Waals surface area contributed by atoms with Gasteiger partial charge in [0.25, 0.3) is 0 Å². The third kappa shape index (κ3) is 3.87. The van der Waals surface area contributed by atoms with Crippen molar-refractivity contribution in [3.8, 4) is 11.6 Å². The van der Waals surface area contributed by atoms with Crippen LogP contribution in [0.3, 0.4) is 0 Å². The van der Waals surface area contributed by atoms with E-state index in [4.69, 9.17) is 4.74 Å². The monoisotopic (exact) mass is 354 g/mol. The Hall–Kier alpha value is -1.30. The Balaban J connectivity index is 2.06. The van der Waals surface area contributed by atoms with Crippen LogP contribution in [0.1, 0.15) is 13.3 Å². The van der Waals surface area contributed by atoms with E-state index in [-0.39, 0.29) is 0 Å². The van der Waals surface area contributed by atoms with Gasteiger partial charge in [-0.15, -0.1) is 0 Å². The molecule has 0 aliphatic carbocycles. The van der Waals surface area contributed by atoms with Gasteiger partial charge in [0.05, 0.1) is 0 Å². The third-order valence-electron chi connectivity index (χ3n) is 2.32. The molecule has 0 aliphatic rings. The maximum atomic E-state index is 5.70. The van der Waals surface area contributed by atoms with Gasteiger partial charge in [0.2, 0.25) is 5.88 Å². The summed E-state index contributed by atoms with van der Waals surface area (Å²) in [6.45, 7) is 3.04. The molecule has 0 aliphatic heterocycles. The minimum absolute atomic E-state index is 0.609. The highest BCUT2D eigenvalue weighted by atomic mass is 127. The highest BCUT2D eigenvalue weighted by Crippen LogP contribution is 2.21. The van der Waals surface area contributed by atoms with Crippen molar-refractivity contribution in [2.75, 3.05) is 11.9 Å². The summed E-state index contributed by atoms with van der Waals surface area (Å²) >= 11 is 2.27. The predicted octanol–water partition coefficient (Wildman–Crippen LogP) is 4.30. The number of nitrogens with zero attached hydrogens (tertiary/aromatic N) is 1. The lowest BCUT2D eigenvalue weighted by Crippen LogP contribution is -2.02. The first kappa shape index (κ1) is 13.1. The maximum absolute atomic E-state index is 5.70. The Kier molecular flexibility index (Phi) is 4.81. The van der Waals surface area contributed by atoms with Crippen molar-refractivity contribution < 1.29 is 4.74 Å². The Labute approximate surface area is 121 Å². The normalized spacial score (nSPS) is 10.1. The van der Waals surface area contributed by atoms with Gasteiger partial charge in [-0.3, -0.25) is 0 Å². The molecule has 1 N–H and O–H groups in total. The summed E-state index contributed by atoms with van der Waals surface area (Å²) in [5.41, 5.74) is 0. The van der Waals surface area contributed by atoms with Gasteiger partial charge in [-0.2, -0.15) is 4.98 Å². The van der Waals surface area contributed by atoms with Gasteiger partial charge in [0.1, 0.15) is 11.6 Å². The van der Waals surface area contributed by atoms with Crippen LogP contribution in [0.15, 0.2) is 42.5 Å². The van der Waals surface area contributed by atoms with E-state index in [1.807, 2.05) is 42.5 Å². The van der Waals surface area contributed by atoms with Crippen LogP contribution in [-0.2, 0) is 0 Å². The molecule has 2 aromatic rings. The predicted molar refractivity (Wildman–Crippen MR) is 82.3 cm³/mol. The van der Waals surface area contributed by atoms with Crippen molar-refractivity contribution in [1.29, 1.82) is 0 Å². The van der Waals surface area contributed by atoms with E-state index in [1.54, 1.807) is 0 Å². The van der Waals surface area contributed by atoms with Crippen LogP contribution in [0.4, 0.5) is 5.82 Å². The van der Waals surface area contributed by atoms with Crippen molar-refractivity contribution in [3.63, 3.8) is 0 Å². The van der Waals surface area contributed by atoms with Crippen molar-refractivity contribution in [2.45, 2.75) is 13.3 Å². The van der Waals surface area contributed by atoms with Gasteiger partial charge in [0, 0.05) is 16.2 Å². The number of pyridine rings is 1. The molecule has 0 unspecified atom stereocenters.